The smallest absolute Gasteiger partial charge is 0.223 e. The second-order valence-corrected chi connectivity index (χ2v) is 9.17. The lowest BCUT2D eigenvalue weighted by Crippen LogP contribution is -2.29. The highest BCUT2D eigenvalue weighted by atomic mass is 16.5. The molecule has 0 bridgehead atoms. The summed E-state index contributed by atoms with van der Waals surface area (Å²) < 4.78 is 13.4. The summed E-state index contributed by atoms with van der Waals surface area (Å²) in [7, 11) is 3.29. The van der Waals surface area contributed by atoms with Gasteiger partial charge in [-0.05, 0) is 47.7 Å². The summed E-state index contributed by atoms with van der Waals surface area (Å²) in [6.07, 6.45) is 4.83. The Morgan fingerprint density at radius 3 is 2.34 bits per heavy atom. The lowest BCUT2D eigenvalue weighted by Gasteiger charge is -2.22. The molecule has 5 rings (SSSR count). The number of amides is 1. The molecule has 0 saturated carbocycles. The summed E-state index contributed by atoms with van der Waals surface area (Å²) in [6, 6.07) is 25.0. The molecule has 1 aromatic heterocycles. The van der Waals surface area contributed by atoms with Gasteiger partial charge < -0.3 is 18.9 Å². The van der Waals surface area contributed by atoms with Crippen molar-refractivity contribution in [2.75, 3.05) is 27.3 Å². The monoisotopic (exact) mass is 468 g/mol. The molecule has 3 aromatic carbocycles. The third-order valence-corrected chi connectivity index (χ3v) is 7.04. The SMILES string of the molecule is COc1ccc(C(CC(=O)N2CCCC2)c2cn(Cc3ccccc3)c3ccccc23)cc1OC. The number of methoxy groups -OCH3 is 2. The van der Waals surface area contributed by atoms with Gasteiger partial charge in [-0.3, -0.25) is 4.79 Å². The largest absolute Gasteiger partial charge is 0.493 e. The molecule has 5 heteroatoms. The summed E-state index contributed by atoms with van der Waals surface area (Å²) in [5.41, 5.74) is 4.63. The van der Waals surface area contributed by atoms with Crippen molar-refractivity contribution in [2.24, 2.45) is 0 Å². The molecule has 1 saturated heterocycles. The van der Waals surface area contributed by atoms with Gasteiger partial charge in [0.15, 0.2) is 11.5 Å². The second-order valence-electron chi connectivity index (χ2n) is 9.17. The average molecular weight is 469 g/mol. The number of hydrogen-bond donors (Lipinski definition) is 0. The van der Waals surface area contributed by atoms with Crippen LogP contribution in [0, 0.1) is 0 Å². The molecule has 0 N–H and O–H groups in total. The van der Waals surface area contributed by atoms with Crippen LogP contribution in [0.4, 0.5) is 0 Å². The van der Waals surface area contributed by atoms with E-state index in [0.29, 0.717) is 17.9 Å². The van der Waals surface area contributed by atoms with Crippen LogP contribution in [0.15, 0.2) is 79.0 Å². The van der Waals surface area contributed by atoms with Gasteiger partial charge in [0.2, 0.25) is 5.91 Å². The number of likely N-dealkylation sites (tertiary alicyclic amines) is 1. The first-order valence-corrected chi connectivity index (χ1v) is 12.3. The Hall–Kier alpha value is -3.73. The second kappa shape index (κ2) is 10.3. The van der Waals surface area contributed by atoms with Gasteiger partial charge in [0.1, 0.15) is 0 Å². The Kier molecular flexibility index (Phi) is 6.75. The van der Waals surface area contributed by atoms with Crippen molar-refractivity contribution in [2.45, 2.75) is 31.7 Å². The van der Waals surface area contributed by atoms with E-state index in [1.807, 2.05) is 23.1 Å². The van der Waals surface area contributed by atoms with Crippen LogP contribution < -0.4 is 9.47 Å². The first-order chi connectivity index (χ1) is 17.2. The number of aromatic nitrogens is 1. The maximum atomic E-state index is 13.4. The van der Waals surface area contributed by atoms with E-state index in [0.717, 1.165) is 43.6 Å². The normalized spacial score (nSPS) is 14.3. The number of hydrogen-bond acceptors (Lipinski definition) is 3. The molecule has 4 aromatic rings. The fraction of sp³-hybridized carbons (Fsp3) is 0.300. The fourth-order valence-corrected chi connectivity index (χ4v) is 5.21. The van der Waals surface area contributed by atoms with Crippen LogP contribution in [0.3, 0.4) is 0 Å². The van der Waals surface area contributed by atoms with Gasteiger partial charge in [-0.25, -0.2) is 0 Å². The minimum absolute atomic E-state index is 0.0928. The Morgan fingerprint density at radius 1 is 0.886 bits per heavy atom. The van der Waals surface area contributed by atoms with E-state index in [1.54, 1.807) is 14.2 Å². The van der Waals surface area contributed by atoms with Crippen LogP contribution in [0.1, 0.15) is 41.9 Å². The lowest BCUT2D eigenvalue weighted by molar-refractivity contribution is -0.130. The Balaban J connectivity index is 1.60. The summed E-state index contributed by atoms with van der Waals surface area (Å²) in [5.74, 6) is 1.48. The zero-order valence-corrected chi connectivity index (χ0v) is 20.4. The number of para-hydroxylation sites is 1. The Morgan fingerprint density at radius 2 is 1.60 bits per heavy atom. The topological polar surface area (TPSA) is 43.7 Å². The van der Waals surface area contributed by atoms with Crippen molar-refractivity contribution in [3.8, 4) is 11.5 Å². The van der Waals surface area contributed by atoms with E-state index in [4.69, 9.17) is 9.47 Å². The van der Waals surface area contributed by atoms with Gasteiger partial charge in [-0.2, -0.15) is 0 Å². The predicted octanol–water partition coefficient (Wildman–Crippen LogP) is 5.85. The van der Waals surface area contributed by atoms with Gasteiger partial charge in [-0.15, -0.1) is 0 Å². The number of fused-ring (bicyclic) bond motifs is 1. The molecule has 0 aliphatic carbocycles. The average Bonchev–Trinajstić information content (AvgIpc) is 3.57. The van der Waals surface area contributed by atoms with Gasteiger partial charge in [0.05, 0.1) is 14.2 Å². The van der Waals surface area contributed by atoms with Crippen LogP contribution >= 0.6 is 0 Å². The fourth-order valence-electron chi connectivity index (χ4n) is 5.21. The Bertz CT molecular complexity index is 1310. The number of rotatable bonds is 8. The van der Waals surface area contributed by atoms with E-state index >= 15 is 0 Å². The van der Waals surface area contributed by atoms with Crippen molar-refractivity contribution in [3.63, 3.8) is 0 Å². The molecule has 1 atom stereocenters. The van der Waals surface area contributed by atoms with Crippen molar-refractivity contribution < 1.29 is 14.3 Å². The van der Waals surface area contributed by atoms with Crippen LogP contribution in [0.25, 0.3) is 10.9 Å². The summed E-state index contributed by atoms with van der Waals surface area (Å²) in [4.78, 5) is 15.4. The molecular weight excluding hydrogens is 436 g/mol. The molecule has 1 aliphatic rings. The molecule has 180 valence electrons. The maximum absolute atomic E-state index is 13.4. The van der Waals surface area contributed by atoms with Crippen molar-refractivity contribution in [1.29, 1.82) is 0 Å². The zero-order valence-electron chi connectivity index (χ0n) is 20.4. The lowest BCUT2D eigenvalue weighted by atomic mass is 9.87. The highest BCUT2D eigenvalue weighted by Gasteiger charge is 2.27. The van der Waals surface area contributed by atoms with Crippen molar-refractivity contribution >= 4 is 16.8 Å². The molecule has 0 radical (unpaired) electrons. The van der Waals surface area contributed by atoms with Gasteiger partial charge in [0.25, 0.3) is 0 Å². The van der Waals surface area contributed by atoms with Crippen LogP contribution in [0.2, 0.25) is 0 Å². The quantitative estimate of drug-likeness (QED) is 0.326. The predicted molar refractivity (Wildman–Crippen MR) is 139 cm³/mol. The highest BCUT2D eigenvalue weighted by molar-refractivity contribution is 5.87. The van der Waals surface area contributed by atoms with Crippen LogP contribution in [-0.4, -0.2) is 42.7 Å². The molecule has 35 heavy (non-hydrogen) atoms. The van der Waals surface area contributed by atoms with Crippen LogP contribution in [0.5, 0.6) is 11.5 Å². The highest BCUT2D eigenvalue weighted by Crippen LogP contribution is 2.39. The molecule has 0 spiro atoms. The number of benzene rings is 3. The molecule has 5 nitrogen and oxygen atoms in total. The Labute approximate surface area is 206 Å². The maximum Gasteiger partial charge on any atom is 0.223 e. The summed E-state index contributed by atoms with van der Waals surface area (Å²) >= 11 is 0. The zero-order chi connectivity index (χ0) is 24.2. The number of nitrogens with zero attached hydrogens (tertiary/aromatic N) is 2. The first kappa shape index (κ1) is 23.0. The molecule has 2 heterocycles. The third kappa shape index (κ3) is 4.76. The molecule has 1 aliphatic heterocycles. The van der Waals surface area contributed by atoms with E-state index in [2.05, 4.69) is 65.4 Å². The standard InChI is InChI=1S/C30H32N2O3/c1-34-28-15-14-23(18-29(28)35-2)25(19-30(33)31-16-8-9-17-31)26-21-32(20-22-10-4-3-5-11-22)27-13-7-6-12-24(26)27/h3-7,10-15,18,21,25H,8-9,16-17,19-20H2,1-2H3. The van der Waals surface area contributed by atoms with E-state index < -0.39 is 0 Å². The van der Waals surface area contributed by atoms with Gasteiger partial charge >= 0.3 is 0 Å². The minimum atomic E-state index is -0.0928. The molecule has 1 fully saturated rings. The summed E-state index contributed by atoms with van der Waals surface area (Å²) in [5, 5.41) is 1.18. The van der Waals surface area contributed by atoms with Gasteiger partial charge in [0, 0.05) is 49.1 Å². The molecule has 1 unspecified atom stereocenters. The molecule has 1 amide bonds. The van der Waals surface area contributed by atoms with Crippen molar-refractivity contribution in [3.05, 3.63) is 95.7 Å². The number of carbonyl (C=O) groups is 1. The van der Waals surface area contributed by atoms with Crippen molar-refractivity contribution in [1.82, 2.24) is 9.47 Å². The molecular formula is C30H32N2O3. The minimum Gasteiger partial charge on any atom is -0.493 e. The van der Waals surface area contributed by atoms with Gasteiger partial charge in [-0.1, -0.05) is 54.6 Å². The summed E-state index contributed by atoms with van der Waals surface area (Å²) in [6.45, 7) is 2.49. The van der Waals surface area contributed by atoms with E-state index in [-0.39, 0.29) is 11.8 Å². The van der Waals surface area contributed by atoms with Crippen LogP contribution in [-0.2, 0) is 11.3 Å². The van der Waals surface area contributed by atoms with E-state index in [1.165, 1.54) is 16.5 Å². The number of ether oxygens (including phenoxy) is 2. The first-order valence-electron chi connectivity index (χ1n) is 12.3. The van der Waals surface area contributed by atoms with E-state index in [9.17, 15) is 4.79 Å². The third-order valence-electron chi connectivity index (χ3n) is 7.04. The number of carbonyl (C=O) groups excluding carboxylic acids is 1.